The van der Waals surface area contributed by atoms with Crippen LogP contribution in [0.5, 0.6) is 5.75 Å². The molecule has 3 heteroatoms. The lowest BCUT2D eigenvalue weighted by atomic mass is 10.2. The van der Waals surface area contributed by atoms with Crippen LogP contribution < -0.4 is 10.5 Å². The zero-order valence-corrected chi connectivity index (χ0v) is 10.3. The van der Waals surface area contributed by atoms with Crippen LogP contribution in [0.15, 0.2) is 18.2 Å². The summed E-state index contributed by atoms with van der Waals surface area (Å²) in [6.45, 7) is 8.24. The summed E-state index contributed by atoms with van der Waals surface area (Å²) >= 11 is 0. The first kappa shape index (κ1) is 12.8. The van der Waals surface area contributed by atoms with Gasteiger partial charge < -0.3 is 15.2 Å². The predicted octanol–water partition coefficient (Wildman–Crippen LogP) is 2.63. The van der Waals surface area contributed by atoms with Gasteiger partial charge in [0.05, 0.1) is 6.61 Å². The highest BCUT2D eigenvalue weighted by molar-refractivity contribution is 5.47. The van der Waals surface area contributed by atoms with Crippen molar-refractivity contribution >= 4 is 5.69 Å². The van der Waals surface area contributed by atoms with Gasteiger partial charge in [0.2, 0.25) is 0 Å². The average molecular weight is 223 g/mol. The molecule has 0 aliphatic carbocycles. The van der Waals surface area contributed by atoms with Crippen LogP contribution >= 0.6 is 0 Å². The molecule has 16 heavy (non-hydrogen) atoms. The van der Waals surface area contributed by atoms with Crippen LogP contribution in [0, 0.1) is 12.8 Å². The summed E-state index contributed by atoms with van der Waals surface area (Å²) in [6, 6.07) is 5.65. The average Bonchev–Trinajstić information content (AvgIpc) is 2.20. The Hall–Kier alpha value is -1.22. The number of ether oxygens (including phenoxy) is 2. The normalized spacial score (nSPS) is 10.8. The van der Waals surface area contributed by atoms with Crippen LogP contribution in [-0.2, 0) is 4.74 Å². The topological polar surface area (TPSA) is 44.5 Å². The maximum Gasteiger partial charge on any atom is 0.122 e. The minimum absolute atomic E-state index is 0.568. The van der Waals surface area contributed by atoms with Crippen molar-refractivity contribution in [2.24, 2.45) is 5.92 Å². The number of nitrogens with two attached hydrogens (primary N) is 1. The highest BCUT2D eigenvalue weighted by Gasteiger charge is 2.00. The molecule has 2 N–H and O–H groups in total. The van der Waals surface area contributed by atoms with E-state index in [-0.39, 0.29) is 0 Å². The molecule has 0 spiro atoms. The molecule has 0 unspecified atom stereocenters. The Balaban J connectivity index is 2.27. The molecule has 1 rings (SSSR count). The van der Waals surface area contributed by atoms with Gasteiger partial charge in [-0.2, -0.15) is 0 Å². The van der Waals surface area contributed by atoms with Gasteiger partial charge in [-0.3, -0.25) is 0 Å². The minimum Gasteiger partial charge on any atom is -0.491 e. The summed E-state index contributed by atoms with van der Waals surface area (Å²) in [5, 5.41) is 0. The van der Waals surface area contributed by atoms with E-state index in [1.165, 1.54) is 0 Å². The number of benzene rings is 1. The molecule has 0 atom stereocenters. The second-order valence-electron chi connectivity index (χ2n) is 4.34. The molecule has 0 radical (unpaired) electrons. The van der Waals surface area contributed by atoms with Crippen molar-refractivity contribution in [3.05, 3.63) is 23.8 Å². The minimum atomic E-state index is 0.568. The highest BCUT2D eigenvalue weighted by atomic mass is 16.5. The summed E-state index contributed by atoms with van der Waals surface area (Å²) in [4.78, 5) is 0. The van der Waals surface area contributed by atoms with E-state index >= 15 is 0 Å². The molecular weight excluding hydrogens is 202 g/mol. The highest BCUT2D eigenvalue weighted by Crippen LogP contribution is 2.19. The van der Waals surface area contributed by atoms with Crippen molar-refractivity contribution < 1.29 is 9.47 Å². The Bertz CT molecular complexity index is 324. The van der Waals surface area contributed by atoms with Crippen LogP contribution in [0.3, 0.4) is 0 Å². The fraction of sp³-hybridized carbons (Fsp3) is 0.538. The zero-order chi connectivity index (χ0) is 12.0. The summed E-state index contributed by atoms with van der Waals surface area (Å²) in [5.41, 5.74) is 7.48. The van der Waals surface area contributed by atoms with Crippen LogP contribution in [-0.4, -0.2) is 19.8 Å². The SMILES string of the molecule is Cc1cc(N)ccc1OCCOCC(C)C. The molecule has 0 saturated heterocycles. The number of aryl methyl sites for hydroxylation is 1. The van der Waals surface area contributed by atoms with Crippen LogP contribution in [0.2, 0.25) is 0 Å². The predicted molar refractivity (Wildman–Crippen MR) is 66.7 cm³/mol. The second kappa shape index (κ2) is 6.38. The molecule has 0 aliphatic heterocycles. The van der Waals surface area contributed by atoms with Crippen LogP contribution in [0.1, 0.15) is 19.4 Å². The molecule has 90 valence electrons. The zero-order valence-electron chi connectivity index (χ0n) is 10.3. The van der Waals surface area contributed by atoms with Gasteiger partial charge in [0.1, 0.15) is 12.4 Å². The molecule has 3 nitrogen and oxygen atoms in total. The number of hydrogen-bond donors (Lipinski definition) is 1. The van der Waals surface area contributed by atoms with Gasteiger partial charge in [-0.15, -0.1) is 0 Å². The third-order valence-corrected chi connectivity index (χ3v) is 2.14. The standard InChI is InChI=1S/C13H21NO2/c1-10(2)9-15-6-7-16-13-5-4-12(14)8-11(13)3/h4-5,8,10H,6-7,9,14H2,1-3H3. The van der Waals surface area contributed by atoms with Gasteiger partial charge in [-0.1, -0.05) is 13.8 Å². The molecule has 1 aromatic carbocycles. The van der Waals surface area contributed by atoms with Crippen molar-refractivity contribution in [3.63, 3.8) is 0 Å². The molecule has 0 heterocycles. The molecule has 0 amide bonds. The largest absolute Gasteiger partial charge is 0.491 e. The number of nitrogen functional groups attached to an aromatic ring is 1. The number of anilines is 1. The fourth-order valence-corrected chi connectivity index (χ4v) is 1.36. The summed E-state index contributed by atoms with van der Waals surface area (Å²) in [7, 11) is 0. The molecule has 0 aromatic heterocycles. The number of rotatable bonds is 6. The van der Waals surface area contributed by atoms with E-state index in [1.54, 1.807) is 0 Å². The lowest BCUT2D eigenvalue weighted by molar-refractivity contribution is 0.0817. The first-order valence-corrected chi connectivity index (χ1v) is 5.66. The van der Waals surface area contributed by atoms with Gasteiger partial charge >= 0.3 is 0 Å². The van der Waals surface area contributed by atoms with E-state index in [9.17, 15) is 0 Å². The maximum atomic E-state index is 5.66. The Morgan fingerprint density at radius 3 is 2.62 bits per heavy atom. The van der Waals surface area contributed by atoms with Crippen molar-refractivity contribution in [2.45, 2.75) is 20.8 Å². The second-order valence-corrected chi connectivity index (χ2v) is 4.34. The van der Waals surface area contributed by atoms with Gasteiger partial charge in [-0.05, 0) is 36.6 Å². The van der Waals surface area contributed by atoms with Crippen molar-refractivity contribution in [3.8, 4) is 5.75 Å². The molecule has 0 bridgehead atoms. The van der Waals surface area contributed by atoms with E-state index in [0.717, 1.165) is 23.6 Å². The van der Waals surface area contributed by atoms with Crippen LogP contribution in [0.25, 0.3) is 0 Å². The molecule has 0 fully saturated rings. The lowest BCUT2D eigenvalue weighted by Gasteiger charge is -2.10. The van der Waals surface area contributed by atoms with E-state index in [1.807, 2.05) is 25.1 Å². The third-order valence-electron chi connectivity index (χ3n) is 2.14. The van der Waals surface area contributed by atoms with Gasteiger partial charge in [0, 0.05) is 12.3 Å². The Morgan fingerprint density at radius 2 is 2.00 bits per heavy atom. The fourth-order valence-electron chi connectivity index (χ4n) is 1.36. The smallest absolute Gasteiger partial charge is 0.122 e. The van der Waals surface area contributed by atoms with E-state index < -0.39 is 0 Å². The molecular formula is C13H21NO2. The summed E-state index contributed by atoms with van der Waals surface area (Å²) in [5.74, 6) is 1.45. The van der Waals surface area contributed by atoms with Crippen LogP contribution in [0.4, 0.5) is 5.69 Å². The first-order chi connectivity index (χ1) is 7.59. The quantitative estimate of drug-likeness (QED) is 0.595. The first-order valence-electron chi connectivity index (χ1n) is 5.66. The van der Waals surface area contributed by atoms with Crippen molar-refractivity contribution in [1.82, 2.24) is 0 Å². The monoisotopic (exact) mass is 223 g/mol. The maximum absolute atomic E-state index is 5.66. The number of hydrogen-bond acceptors (Lipinski definition) is 3. The lowest BCUT2D eigenvalue weighted by Crippen LogP contribution is -2.10. The molecule has 1 aromatic rings. The van der Waals surface area contributed by atoms with Gasteiger partial charge in [-0.25, -0.2) is 0 Å². The Kier molecular flexibility index (Phi) is 5.12. The third kappa shape index (κ3) is 4.53. The van der Waals surface area contributed by atoms with E-state index in [4.69, 9.17) is 15.2 Å². The Morgan fingerprint density at radius 1 is 1.25 bits per heavy atom. The van der Waals surface area contributed by atoms with Gasteiger partial charge in [0.15, 0.2) is 0 Å². The Labute approximate surface area is 97.6 Å². The van der Waals surface area contributed by atoms with Gasteiger partial charge in [0.25, 0.3) is 0 Å². The molecule has 0 aliphatic rings. The van der Waals surface area contributed by atoms with E-state index in [2.05, 4.69) is 13.8 Å². The summed E-state index contributed by atoms with van der Waals surface area (Å²) in [6.07, 6.45) is 0. The summed E-state index contributed by atoms with van der Waals surface area (Å²) < 4.78 is 11.0. The van der Waals surface area contributed by atoms with Crippen molar-refractivity contribution in [1.29, 1.82) is 0 Å². The van der Waals surface area contributed by atoms with Crippen molar-refractivity contribution in [2.75, 3.05) is 25.6 Å². The molecule has 0 saturated carbocycles. The van der Waals surface area contributed by atoms with E-state index in [0.29, 0.717) is 19.1 Å².